The van der Waals surface area contributed by atoms with Crippen LogP contribution in [0.25, 0.3) is 6.08 Å². The Balaban J connectivity index is 1.40. The number of nitrogens with zero attached hydrogens (tertiary/aromatic N) is 1. The van der Waals surface area contributed by atoms with E-state index >= 15 is 0 Å². The van der Waals surface area contributed by atoms with Gasteiger partial charge in [-0.1, -0.05) is 29.3 Å². The molecule has 3 amide bonds. The highest BCUT2D eigenvalue weighted by molar-refractivity contribution is 9.10. The first kappa shape index (κ1) is 28.7. The SMILES string of the molecule is COc1cc(/C=C2/SC(=O)N(CC(=O)c3ccc(Cl)cc3)C2=O)ccc1OCC(=O)Nc1ccc(Br)c(Cl)c1. The summed E-state index contributed by atoms with van der Waals surface area (Å²) >= 11 is 15.9. The van der Waals surface area contributed by atoms with Crippen LogP contribution < -0.4 is 14.8 Å². The fourth-order valence-corrected chi connectivity index (χ4v) is 4.86. The van der Waals surface area contributed by atoms with Crippen LogP contribution in [0, 0.1) is 0 Å². The molecule has 0 aliphatic carbocycles. The number of Topliss-reactive ketones (excluding diaryl/α,β-unsaturated/α-hetero) is 1. The van der Waals surface area contributed by atoms with Crippen molar-refractivity contribution in [2.24, 2.45) is 0 Å². The molecule has 1 saturated heterocycles. The number of methoxy groups -OCH3 is 1. The Morgan fingerprint density at radius 3 is 2.46 bits per heavy atom. The van der Waals surface area contributed by atoms with Gasteiger partial charge in [-0.3, -0.25) is 24.1 Å². The van der Waals surface area contributed by atoms with Gasteiger partial charge >= 0.3 is 0 Å². The fraction of sp³-hybridized carbons (Fsp3) is 0.111. The van der Waals surface area contributed by atoms with E-state index in [9.17, 15) is 19.2 Å². The lowest BCUT2D eigenvalue weighted by Crippen LogP contribution is -2.33. The van der Waals surface area contributed by atoms with Crippen molar-refractivity contribution in [3.05, 3.63) is 91.2 Å². The van der Waals surface area contributed by atoms with Gasteiger partial charge in [0.25, 0.3) is 17.1 Å². The minimum atomic E-state index is -0.573. The summed E-state index contributed by atoms with van der Waals surface area (Å²) in [5.74, 6) is -0.732. The second kappa shape index (κ2) is 12.7. The number of halogens is 3. The van der Waals surface area contributed by atoms with Gasteiger partial charge in [-0.25, -0.2) is 0 Å². The molecule has 1 heterocycles. The standard InChI is InChI=1S/C27H19BrCl2N2O6S/c1-37-23-10-15(2-9-22(23)38-14-25(34)31-18-7-8-19(28)20(30)12-18)11-24-26(35)32(27(36)39-24)13-21(33)16-3-5-17(29)6-4-16/h2-12H,13-14H2,1H3,(H,31,34)/b24-11+. The van der Waals surface area contributed by atoms with Gasteiger partial charge < -0.3 is 14.8 Å². The number of ether oxygens (including phenoxy) is 2. The Kier molecular flexibility index (Phi) is 9.34. The Hall–Kier alpha value is -3.31. The zero-order valence-corrected chi connectivity index (χ0v) is 24.1. The minimum absolute atomic E-state index is 0.159. The van der Waals surface area contributed by atoms with Crippen molar-refractivity contribution >= 4 is 85.5 Å². The number of amides is 3. The van der Waals surface area contributed by atoms with Gasteiger partial charge in [-0.2, -0.15) is 0 Å². The van der Waals surface area contributed by atoms with E-state index in [0.717, 1.165) is 16.7 Å². The number of thioether (sulfide) groups is 1. The molecule has 1 N–H and O–H groups in total. The van der Waals surface area contributed by atoms with E-state index in [-0.39, 0.29) is 23.8 Å². The van der Waals surface area contributed by atoms with Gasteiger partial charge in [0.05, 0.1) is 23.6 Å². The molecule has 1 fully saturated rings. The number of benzene rings is 3. The number of nitrogens with one attached hydrogen (secondary N) is 1. The van der Waals surface area contributed by atoms with E-state index in [2.05, 4.69) is 21.2 Å². The maximum Gasteiger partial charge on any atom is 0.293 e. The molecule has 0 atom stereocenters. The normalized spacial score (nSPS) is 14.1. The third-order valence-corrected chi connectivity index (χ3v) is 7.78. The van der Waals surface area contributed by atoms with Crippen LogP contribution in [-0.2, 0) is 9.59 Å². The highest BCUT2D eigenvalue weighted by Crippen LogP contribution is 2.35. The van der Waals surface area contributed by atoms with Gasteiger partial charge in [-0.05, 0) is 93.9 Å². The van der Waals surface area contributed by atoms with Gasteiger partial charge in [0.15, 0.2) is 23.9 Å². The van der Waals surface area contributed by atoms with E-state index in [1.54, 1.807) is 48.5 Å². The highest BCUT2D eigenvalue weighted by atomic mass is 79.9. The zero-order valence-electron chi connectivity index (χ0n) is 20.2. The number of anilines is 1. The topological polar surface area (TPSA) is 102 Å². The second-order valence-corrected chi connectivity index (χ2v) is 10.8. The van der Waals surface area contributed by atoms with Crippen LogP contribution in [0.2, 0.25) is 10.0 Å². The predicted octanol–water partition coefficient (Wildman–Crippen LogP) is 6.70. The maximum atomic E-state index is 12.9. The molecule has 3 aromatic carbocycles. The van der Waals surface area contributed by atoms with E-state index in [0.29, 0.717) is 42.8 Å². The smallest absolute Gasteiger partial charge is 0.293 e. The third kappa shape index (κ3) is 7.21. The number of carbonyl (C=O) groups excluding carboxylic acids is 4. The average Bonchev–Trinajstić information content (AvgIpc) is 3.17. The average molecular weight is 650 g/mol. The summed E-state index contributed by atoms with van der Waals surface area (Å²) in [5, 5.41) is 3.08. The first-order valence-corrected chi connectivity index (χ1v) is 13.6. The van der Waals surface area contributed by atoms with Crippen molar-refractivity contribution in [2.45, 2.75) is 0 Å². The summed E-state index contributed by atoms with van der Waals surface area (Å²) in [6.07, 6.45) is 1.52. The Morgan fingerprint density at radius 2 is 1.77 bits per heavy atom. The molecule has 0 aromatic heterocycles. The number of rotatable bonds is 9. The maximum absolute atomic E-state index is 12.9. The molecular weight excluding hydrogens is 631 g/mol. The number of carbonyl (C=O) groups is 4. The molecule has 1 aliphatic heterocycles. The van der Waals surface area contributed by atoms with Gasteiger partial charge in [0.1, 0.15) is 0 Å². The number of hydrogen-bond donors (Lipinski definition) is 1. The number of imide groups is 1. The minimum Gasteiger partial charge on any atom is -0.493 e. The molecule has 1 aliphatic rings. The summed E-state index contributed by atoms with van der Waals surface area (Å²) in [6, 6.07) is 16.1. The van der Waals surface area contributed by atoms with Crippen molar-refractivity contribution < 1.29 is 28.7 Å². The largest absolute Gasteiger partial charge is 0.493 e. The molecule has 0 spiro atoms. The molecule has 0 saturated carbocycles. The van der Waals surface area contributed by atoms with Gasteiger partial charge in [0, 0.05) is 20.7 Å². The monoisotopic (exact) mass is 648 g/mol. The molecular formula is C27H19BrCl2N2O6S. The Labute approximate surface area is 246 Å². The summed E-state index contributed by atoms with van der Waals surface area (Å²) in [7, 11) is 1.44. The van der Waals surface area contributed by atoms with Crippen LogP contribution in [-0.4, -0.2) is 48.0 Å². The molecule has 0 unspecified atom stereocenters. The first-order chi connectivity index (χ1) is 18.6. The lowest BCUT2D eigenvalue weighted by atomic mass is 10.1. The summed E-state index contributed by atoms with van der Waals surface area (Å²) in [6.45, 7) is -0.668. The predicted molar refractivity (Wildman–Crippen MR) is 155 cm³/mol. The van der Waals surface area contributed by atoms with Crippen molar-refractivity contribution in [1.82, 2.24) is 4.90 Å². The lowest BCUT2D eigenvalue weighted by molar-refractivity contribution is -0.122. The molecule has 0 radical (unpaired) electrons. The molecule has 12 heteroatoms. The number of ketones is 1. The van der Waals surface area contributed by atoms with E-state index < -0.39 is 17.1 Å². The molecule has 0 bridgehead atoms. The third-order valence-electron chi connectivity index (χ3n) is 5.39. The van der Waals surface area contributed by atoms with Crippen LogP contribution in [0.15, 0.2) is 70.0 Å². The van der Waals surface area contributed by atoms with Crippen LogP contribution >= 0.6 is 50.9 Å². The molecule has 3 aromatic rings. The number of hydrogen-bond acceptors (Lipinski definition) is 7. The Bertz CT molecular complexity index is 1500. The quantitative estimate of drug-likeness (QED) is 0.203. The van der Waals surface area contributed by atoms with Crippen LogP contribution in [0.1, 0.15) is 15.9 Å². The summed E-state index contributed by atoms with van der Waals surface area (Å²) in [5.41, 5.74) is 1.42. The van der Waals surface area contributed by atoms with Crippen molar-refractivity contribution in [1.29, 1.82) is 0 Å². The molecule has 200 valence electrons. The van der Waals surface area contributed by atoms with Crippen LogP contribution in [0.3, 0.4) is 0 Å². The highest BCUT2D eigenvalue weighted by Gasteiger charge is 2.36. The molecule has 8 nitrogen and oxygen atoms in total. The first-order valence-electron chi connectivity index (χ1n) is 11.2. The summed E-state index contributed by atoms with van der Waals surface area (Å²) in [4.78, 5) is 51.2. The Morgan fingerprint density at radius 1 is 1.03 bits per heavy atom. The van der Waals surface area contributed by atoms with Crippen LogP contribution in [0.5, 0.6) is 11.5 Å². The zero-order chi connectivity index (χ0) is 28.1. The van der Waals surface area contributed by atoms with Gasteiger partial charge in [0.2, 0.25) is 0 Å². The summed E-state index contributed by atoms with van der Waals surface area (Å²) < 4.78 is 11.7. The van der Waals surface area contributed by atoms with E-state index in [1.165, 1.54) is 25.3 Å². The van der Waals surface area contributed by atoms with Crippen molar-refractivity contribution in [3.63, 3.8) is 0 Å². The van der Waals surface area contributed by atoms with Crippen LogP contribution in [0.4, 0.5) is 10.5 Å². The second-order valence-electron chi connectivity index (χ2n) is 8.07. The molecule has 4 rings (SSSR count). The van der Waals surface area contributed by atoms with Gasteiger partial charge in [-0.15, -0.1) is 0 Å². The lowest BCUT2D eigenvalue weighted by Gasteiger charge is -2.12. The molecule has 39 heavy (non-hydrogen) atoms. The fourth-order valence-electron chi connectivity index (χ4n) is 3.47. The van der Waals surface area contributed by atoms with E-state index in [1.807, 2.05) is 0 Å². The van der Waals surface area contributed by atoms with Crippen molar-refractivity contribution in [3.8, 4) is 11.5 Å². The van der Waals surface area contributed by atoms with E-state index in [4.69, 9.17) is 32.7 Å². The van der Waals surface area contributed by atoms with Crippen molar-refractivity contribution in [2.75, 3.05) is 25.6 Å².